The number of carbonyl (C=O) groups excluding carboxylic acids is 1. The second-order valence-corrected chi connectivity index (χ2v) is 5.92. The first kappa shape index (κ1) is 14.0. The van der Waals surface area contributed by atoms with Crippen molar-refractivity contribution in [3.63, 3.8) is 0 Å². The molecule has 1 unspecified atom stereocenters. The fraction of sp³-hybridized carbons (Fsp3) is 0.300. The number of aryl methyl sites for hydroxylation is 1. The molecule has 2 aromatic heterocycles. The van der Waals surface area contributed by atoms with Crippen molar-refractivity contribution >= 4 is 57.0 Å². The van der Waals surface area contributed by atoms with Crippen LogP contribution in [0, 0.1) is 6.92 Å². The van der Waals surface area contributed by atoms with Crippen molar-refractivity contribution in [1.82, 2.24) is 14.5 Å². The van der Waals surface area contributed by atoms with Gasteiger partial charge in [-0.25, -0.2) is 14.2 Å². The lowest BCUT2D eigenvalue weighted by Crippen LogP contribution is -2.06. The molecule has 0 aromatic carbocycles. The number of nitrogens with zero attached hydrogens (tertiary/aromatic N) is 3. The van der Waals surface area contributed by atoms with Crippen LogP contribution < -0.4 is 0 Å². The number of rotatable bonds is 3. The van der Waals surface area contributed by atoms with Crippen LogP contribution in [0.15, 0.2) is 6.07 Å². The Balaban J connectivity index is 2.72. The first-order valence-corrected chi connectivity index (χ1v) is 9.62. The number of pyridine rings is 1. The Kier molecular flexibility index (Phi) is 4.40. The largest absolute Gasteiger partial charge is 0.462 e. The fourth-order valence-corrected chi connectivity index (χ4v) is 3.32. The molecule has 5 nitrogen and oxygen atoms in total. The van der Waals surface area contributed by atoms with E-state index in [2.05, 4.69) is 32.1 Å². The van der Waals surface area contributed by atoms with Crippen molar-refractivity contribution in [3.05, 3.63) is 22.5 Å². The van der Waals surface area contributed by atoms with Gasteiger partial charge in [0.2, 0.25) is 0 Å². The van der Waals surface area contributed by atoms with Crippen LogP contribution in [-0.4, -0.2) is 27.1 Å². The van der Waals surface area contributed by atoms with Gasteiger partial charge in [-0.3, -0.25) is 0 Å². The zero-order valence-corrected chi connectivity index (χ0v) is 13.6. The highest BCUT2D eigenvalue weighted by Gasteiger charge is 2.19. The number of aromatic nitrogens is 3. The highest BCUT2D eigenvalue weighted by molar-refractivity contribution is 14.2. The molecule has 0 saturated heterocycles. The summed E-state index contributed by atoms with van der Waals surface area (Å²) in [5, 5.41) is 5.32. The number of hydrogen-bond donors (Lipinski definition) is 0. The van der Waals surface area contributed by atoms with Crippen LogP contribution in [0.1, 0.15) is 23.0 Å². The van der Waals surface area contributed by atoms with Gasteiger partial charge in [-0.15, -0.1) is 0 Å². The van der Waals surface area contributed by atoms with Crippen LogP contribution in [0.2, 0.25) is 5.15 Å². The topological polar surface area (TPSA) is 57.0 Å². The third kappa shape index (κ3) is 2.46. The third-order valence-electron chi connectivity index (χ3n) is 2.36. The fourth-order valence-electron chi connectivity index (χ4n) is 1.69. The normalized spacial score (nSPS) is 11.6. The van der Waals surface area contributed by atoms with E-state index in [9.17, 15) is 4.79 Å². The van der Waals surface area contributed by atoms with Gasteiger partial charge >= 0.3 is 5.97 Å². The molecule has 0 radical (unpaired) electrons. The van der Waals surface area contributed by atoms with Crippen molar-refractivity contribution in [2.75, 3.05) is 6.61 Å². The van der Waals surface area contributed by atoms with Crippen molar-refractivity contribution < 1.29 is 9.53 Å². The molecule has 2 aromatic rings. The molecule has 0 fully saturated rings. The second-order valence-electron chi connectivity index (χ2n) is 3.49. The van der Waals surface area contributed by atoms with Gasteiger partial charge in [-0.05, 0) is 42.0 Å². The average molecular weight is 398 g/mol. The number of halogens is 2. The van der Waals surface area contributed by atoms with E-state index in [1.807, 2.05) is 6.92 Å². The summed E-state index contributed by atoms with van der Waals surface area (Å²) in [4.78, 5) is 16.1. The summed E-state index contributed by atoms with van der Waals surface area (Å²) in [7, 11) is 0. The molecule has 96 valence electrons. The minimum atomic E-state index is -0.397. The standard InChI is InChI=1S/C10H10ClIN3O2P/c1-3-17-10(16)6-4-7(11)13-9-8(6)5(2)14-15(9)18-12/h4,18H,3H2,1-2H3. The molecule has 0 bridgehead atoms. The molecule has 0 aliphatic carbocycles. The summed E-state index contributed by atoms with van der Waals surface area (Å²) < 4.78 is 6.76. The van der Waals surface area contributed by atoms with Gasteiger partial charge in [0.1, 0.15) is 5.15 Å². The first-order valence-electron chi connectivity index (χ1n) is 5.18. The first-order chi connectivity index (χ1) is 8.58. The van der Waals surface area contributed by atoms with Gasteiger partial charge < -0.3 is 4.74 Å². The molecule has 0 aliphatic heterocycles. The Hall–Kier alpha value is -0.460. The Bertz CT molecular complexity index is 617. The van der Waals surface area contributed by atoms with Gasteiger partial charge in [0.05, 0.1) is 29.6 Å². The quantitative estimate of drug-likeness (QED) is 0.345. The monoisotopic (exact) mass is 397 g/mol. The lowest BCUT2D eigenvalue weighted by atomic mass is 10.1. The predicted octanol–water partition coefficient (Wildman–Crippen LogP) is 3.36. The van der Waals surface area contributed by atoms with E-state index < -0.39 is 5.97 Å². The predicted molar refractivity (Wildman–Crippen MR) is 81.0 cm³/mol. The summed E-state index contributed by atoms with van der Waals surface area (Å²) in [6.07, 6.45) is 0.394. The van der Waals surface area contributed by atoms with Crippen molar-refractivity contribution in [2.45, 2.75) is 13.8 Å². The lowest BCUT2D eigenvalue weighted by molar-refractivity contribution is 0.0528. The molecule has 0 spiro atoms. The summed E-state index contributed by atoms with van der Waals surface area (Å²) in [5.74, 6) is -0.397. The number of carbonyl (C=O) groups is 1. The number of ether oxygens (including phenoxy) is 1. The molecular weight excluding hydrogens is 387 g/mol. The molecule has 18 heavy (non-hydrogen) atoms. The smallest absolute Gasteiger partial charge is 0.339 e. The van der Waals surface area contributed by atoms with Crippen LogP contribution in [-0.2, 0) is 4.74 Å². The number of fused-ring (bicyclic) bond motifs is 1. The van der Waals surface area contributed by atoms with E-state index in [0.29, 0.717) is 29.6 Å². The Morgan fingerprint density at radius 2 is 2.39 bits per heavy atom. The van der Waals surface area contributed by atoms with E-state index in [-0.39, 0.29) is 5.15 Å². The molecule has 8 heteroatoms. The van der Waals surface area contributed by atoms with E-state index in [1.165, 1.54) is 6.07 Å². The Labute approximate surface area is 124 Å². The molecule has 1 atom stereocenters. The van der Waals surface area contributed by atoms with Crippen LogP contribution in [0.4, 0.5) is 0 Å². The van der Waals surface area contributed by atoms with E-state index in [4.69, 9.17) is 16.3 Å². The number of esters is 1. The van der Waals surface area contributed by atoms with Gasteiger partial charge in [0.15, 0.2) is 5.65 Å². The van der Waals surface area contributed by atoms with E-state index in [0.717, 1.165) is 5.69 Å². The van der Waals surface area contributed by atoms with Crippen molar-refractivity contribution in [3.8, 4) is 0 Å². The summed E-state index contributed by atoms with van der Waals surface area (Å²) in [6.45, 7) is 3.93. The highest BCUT2D eigenvalue weighted by atomic mass is 127. The third-order valence-corrected chi connectivity index (χ3v) is 4.39. The minimum absolute atomic E-state index is 0.265. The average Bonchev–Trinajstić information content (AvgIpc) is 2.65. The SMILES string of the molecule is CCOC(=O)c1cc(Cl)nc2c1c(C)nn2PI. The zero-order chi connectivity index (χ0) is 13.3. The summed E-state index contributed by atoms with van der Waals surface area (Å²) in [6, 6.07) is 1.53. The highest BCUT2D eigenvalue weighted by Crippen LogP contribution is 2.32. The van der Waals surface area contributed by atoms with Crippen LogP contribution >= 0.6 is 40.0 Å². The maximum Gasteiger partial charge on any atom is 0.339 e. The Morgan fingerprint density at radius 3 is 3.00 bits per heavy atom. The van der Waals surface area contributed by atoms with Gasteiger partial charge in [-0.2, -0.15) is 5.10 Å². The van der Waals surface area contributed by atoms with E-state index in [1.54, 1.807) is 11.4 Å². The maximum absolute atomic E-state index is 11.9. The van der Waals surface area contributed by atoms with Gasteiger partial charge in [0, 0.05) is 0 Å². The summed E-state index contributed by atoms with van der Waals surface area (Å²) >= 11 is 8.15. The molecule has 0 N–H and O–H groups in total. The van der Waals surface area contributed by atoms with Crippen LogP contribution in [0.25, 0.3) is 11.0 Å². The van der Waals surface area contributed by atoms with Gasteiger partial charge in [-0.1, -0.05) is 11.6 Å². The van der Waals surface area contributed by atoms with E-state index >= 15 is 0 Å². The van der Waals surface area contributed by atoms with Crippen molar-refractivity contribution in [1.29, 1.82) is 0 Å². The minimum Gasteiger partial charge on any atom is -0.462 e. The molecule has 2 heterocycles. The molecular formula is C10H10ClIN3O2P. The summed E-state index contributed by atoms with van der Waals surface area (Å²) in [5.41, 5.74) is 1.79. The van der Waals surface area contributed by atoms with Crippen molar-refractivity contribution in [2.24, 2.45) is 0 Å². The molecule has 2 rings (SSSR count). The molecule has 0 saturated carbocycles. The van der Waals surface area contributed by atoms with Gasteiger partial charge in [0.25, 0.3) is 0 Å². The lowest BCUT2D eigenvalue weighted by Gasteiger charge is -2.04. The molecule has 0 aliphatic rings. The second kappa shape index (κ2) is 5.67. The van der Waals surface area contributed by atoms with Crippen LogP contribution in [0.5, 0.6) is 0 Å². The van der Waals surface area contributed by atoms with Crippen LogP contribution in [0.3, 0.4) is 0 Å². The zero-order valence-electron chi connectivity index (χ0n) is 9.70. The maximum atomic E-state index is 11.9. The Morgan fingerprint density at radius 1 is 1.67 bits per heavy atom. The number of hydrogen-bond acceptors (Lipinski definition) is 4. The molecule has 0 amide bonds.